The van der Waals surface area contributed by atoms with Gasteiger partial charge in [-0.1, -0.05) is 31.2 Å². The van der Waals surface area contributed by atoms with Gasteiger partial charge in [0.2, 0.25) is 0 Å². The maximum Gasteiger partial charge on any atom is 0.251 e. The summed E-state index contributed by atoms with van der Waals surface area (Å²) in [6.07, 6.45) is 1.02. The van der Waals surface area contributed by atoms with Gasteiger partial charge in [-0.25, -0.2) is 9.97 Å². The smallest absolute Gasteiger partial charge is 0.251 e. The molecule has 3 rings (SSSR count). The van der Waals surface area contributed by atoms with E-state index in [0.717, 1.165) is 28.8 Å². The molecule has 146 valence electrons. The third kappa shape index (κ3) is 4.37. The van der Waals surface area contributed by atoms with Gasteiger partial charge in [0.25, 0.3) is 5.91 Å². The summed E-state index contributed by atoms with van der Waals surface area (Å²) in [5, 5.41) is 3.07. The van der Waals surface area contributed by atoms with E-state index in [1.54, 1.807) is 0 Å². The first kappa shape index (κ1) is 20.0. The summed E-state index contributed by atoms with van der Waals surface area (Å²) >= 11 is 0. The molecule has 2 aromatic carbocycles. The van der Waals surface area contributed by atoms with Crippen molar-refractivity contribution in [3.8, 4) is 0 Å². The van der Waals surface area contributed by atoms with Gasteiger partial charge in [0.15, 0.2) is 0 Å². The molecule has 0 unspecified atom stereocenters. The second-order valence-corrected chi connectivity index (χ2v) is 7.38. The van der Waals surface area contributed by atoms with Crippen LogP contribution >= 0.6 is 0 Å². The average molecular weight is 377 g/mol. The molecular weight excluding hydrogens is 348 g/mol. The van der Waals surface area contributed by atoms with E-state index in [4.69, 9.17) is 0 Å². The first-order valence-electron chi connectivity index (χ1n) is 9.67. The van der Waals surface area contributed by atoms with Crippen LogP contribution in [0.5, 0.6) is 0 Å². The molecule has 0 saturated carbocycles. The molecule has 0 aliphatic rings. The van der Waals surface area contributed by atoms with Crippen molar-refractivity contribution in [2.24, 2.45) is 0 Å². The number of benzene rings is 2. The summed E-state index contributed by atoms with van der Waals surface area (Å²) in [6, 6.07) is 14.2. The van der Waals surface area contributed by atoms with Crippen molar-refractivity contribution in [3.05, 3.63) is 70.5 Å². The van der Waals surface area contributed by atoms with Crippen LogP contribution in [0.15, 0.2) is 42.5 Å². The van der Waals surface area contributed by atoms with E-state index in [1.165, 1.54) is 11.1 Å². The number of nitrogens with zero attached hydrogens (tertiary/aromatic N) is 3. The number of fused-ring (bicyclic) bond motifs is 1. The van der Waals surface area contributed by atoms with Crippen LogP contribution in [0, 0.1) is 13.8 Å². The number of carbonyl (C=O) groups excluding carboxylic acids is 1. The molecule has 1 N–H and O–H groups in total. The Bertz CT molecular complexity index is 980. The molecule has 1 aromatic heterocycles. The van der Waals surface area contributed by atoms with Crippen molar-refractivity contribution >= 4 is 16.9 Å². The van der Waals surface area contributed by atoms with Crippen molar-refractivity contribution < 1.29 is 4.79 Å². The van der Waals surface area contributed by atoms with Crippen LogP contribution in [0.1, 0.15) is 45.8 Å². The molecule has 1 atom stereocenters. The van der Waals surface area contributed by atoms with Crippen LogP contribution in [-0.2, 0) is 6.42 Å². The molecule has 1 heterocycles. The molecule has 0 radical (unpaired) electrons. The first-order chi connectivity index (χ1) is 13.4. The minimum atomic E-state index is -0.0982. The summed E-state index contributed by atoms with van der Waals surface area (Å²) in [5.74, 6) is -0.0982. The minimum Gasteiger partial charge on any atom is -0.350 e. The van der Waals surface area contributed by atoms with E-state index in [2.05, 4.69) is 51.4 Å². The normalized spacial score (nSPS) is 12.4. The zero-order chi connectivity index (χ0) is 20.3. The summed E-state index contributed by atoms with van der Waals surface area (Å²) in [4.78, 5) is 23.9. The molecule has 0 aliphatic carbocycles. The van der Waals surface area contributed by atoms with Crippen molar-refractivity contribution in [3.63, 3.8) is 0 Å². The highest BCUT2D eigenvalue weighted by Gasteiger charge is 2.16. The number of aryl methyl sites for hydroxylation is 3. The Balaban J connectivity index is 1.75. The van der Waals surface area contributed by atoms with E-state index in [0.29, 0.717) is 12.1 Å². The number of aromatic nitrogens is 2. The second-order valence-electron chi connectivity index (χ2n) is 7.38. The van der Waals surface area contributed by atoms with Crippen molar-refractivity contribution in [1.29, 1.82) is 0 Å². The average Bonchev–Trinajstić information content (AvgIpc) is 2.68. The highest BCUT2D eigenvalue weighted by molar-refractivity contribution is 5.97. The van der Waals surface area contributed by atoms with E-state index >= 15 is 0 Å². The Morgan fingerprint density at radius 3 is 2.25 bits per heavy atom. The number of amides is 1. The number of carbonyl (C=O) groups is 1. The van der Waals surface area contributed by atoms with E-state index in [1.807, 2.05) is 46.1 Å². The van der Waals surface area contributed by atoms with Gasteiger partial charge < -0.3 is 10.2 Å². The lowest BCUT2D eigenvalue weighted by Gasteiger charge is -2.25. The third-order valence-electron chi connectivity index (χ3n) is 5.19. The lowest BCUT2D eigenvalue weighted by atomic mass is 10.0. The third-order valence-corrected chi connectivity index (χ3v) is 5.19. The molecule has 3 aromatic rings. The van der Waals surface area contributed by atoms with Crippen LogP contribution in [0.3, 0.4) is 0 Å². The number of rotatable bonds is 6. The monoisotopic (exact) mass is 376 g/mol. The Kier molecular flexibility index (Phi) is 6.05. The van der Waals surface area contributed by atoms with Gasteiger partial charge in [0, 0.05) is 12.1 Å². The fourth-order valence-corrected chi connectivity index (χ4v) is 3.24. The van der Waals surface area contributed by atoms with E-state index in [-0.39, 0.29) is 11.9 Å². The Hall–Kier alpha value is -2.79. The van der Waals surface area contributed by atoms with Gasteiger partial charge >= 0.3 is 0 Å². The van der Waals surface area contributed by atoms with E-state index in [9.17, 15) is 4.79 Å². The number of nitrogens with one attached hydrogen (secondary N) is 1. The van der Waals surface area contributed by atoms with Crippen molar-refractivity contribution in [1.82, 2.24) is 20.2 Å². The minimum absolute atomic E-state index is 0.0982. The maximum absolute atomic E-state index is 12.7. The molecule has 0 spiro atoms. The standard InChI is InChI=1S/C23H28N4O/c1-6-17-7-9-18(10-8-17)22(27(4)5)14-24-23(28)19-11-12-20-21(13-19)26-16(3)15(2)25-20/h7-13,22H,6,14H2,1-5H3,(H,24,28)/t22-/m0/s1. The zero-order valence-electron chi connectivity index (χ0n) is 17.3. The fourth-order valence-electron chi connectivity index (χ4n) is 3.24. The van der Waals surface area contributed by atoms with Gasteiger partial charge in [-0.05, 0) is 63.7 Å². The predicted octanol–water partition coefficient (Wildman–Crippen LogP) is 3.84. The quantitative estimate of drug-likeness (QED) is 0.710. The van der Waals surface area contributed by atoms with E-state index < -0.39 is 0 Å². The number of likely N-dealkylation sites (N-methyl/N-ethyl adjacent to an activating group) is 1. The molecule has 0 aliphatic heterocycles. The topological polar surface area (TPSA) is 58.1 Å². The zero-order valence-corrected chi connectivity index (χ0v) is 17.3. The van der Waals surface area contributed by atoms with Crippen molar-refractivity contribution in [2.75, 3.05) is 20.6 Å². The molecule has 28 heavy (non-hydrogen) atoms. The highest BCUT2D eigenvalue weighted by Crippen LogP contribution is 2.19. The largest absolute Gasteiger partial charge is 0.350 e. The Labute approximate surface area is 166 Å². The fraction of sp³-hybridized carbons (Fsp3) is 0.348. The first-order valence-corrected chi connectivity index (χ1v) is 9.67. The molecule has 0 fully saturated rings. The lowest BCUT2D eigenvalue weighted by Crippen LogP contribution is -2.34. The van der Waals surface area contributed by atoms with Crippen LogP contribution in [-0.4, -0.2) is 41.4 Å². The molecule has 5 heteroatoms. The molecule has 0 bridgehead atoms. The predicted molar refractivity (Wildman–Crippen MR) is 114 cm³/mol. The van der Waals surface area contributed by atoms with Crippen LogP contribution in [0.4, 0.5) is 0 Å². The second kappa shape index (κ2) is 8.48. The van der Waals surface area contributed by atoms with Crippen LogP contribution in [0.2, 0.25) is 0 Å². The van der Waals surface area contributed by atoms with Gasteiger partial charge in [-0.15, -0.1) is 0 Å². The SMILES string of the molecule is CCc1ccc([C@H](CNC(=O)c2ccc3nc(C)c(C)nc3c2)N(C)C)cc1. The van der Waals surface area contributed by atoms with Gasteiger partial charge in [-0.3, -0.25) is 4.79 Å². The molecule has 0 saturated heterocycles. The summed E-state index contributed by atoms with van der Waals surface area (Å²) in [6.45, 7) is 6.56. The lowest BCUT2D eigenvalue weighted by molar-refractivity contribution is 0.0942. The van der Waals surface area contributed by atoms with Crippen LogP contribution in [0.25, 0.3) is 11.0 Å². The van der Waals surface area contributed by atoms with Crippen molar-refractivity contribution in [2.45, 2.75) is 33.2 Å². The highest BCUT2D eigenvalue weighted by atomic mass is 16.1. The number of hydrogen-bond donors (Lipinski definition) is 1. The summed E-state index contributed by atoms with van der Waals surface area (Å²) < 4.78 is 0. The molecule has 5 nitrogen and oxygen atoms in total. The summed E-state index contributed by atoms with van der Waals surface area (Å²) in [7, 11) is 4.06. The number of hydrogen-bond acceptors (Lipinski definition) is 4. The summed E-state index contributed by atoms with van der Waals surface area (Å²) in [5.41, 5.74) is 6.45. The molecular formula is C23H28N4O. The van der Waals surface area contributed by atoms with Crippen LogP contribution < -0.4 is 5.32 Å². The Morgan fingerprint density at radius 2 is 1.64 bits per heavy atom. The van der Waals surface area contributed by atoms with Gasteiger partial charge in [0.05, 0.1) is 28.5 Å². The maximum atomic E-state index is 12.7. The van der Waals surface area contributed by atoms with Gasteiger partial charge in [0.1, 0.15) is 0 Å². The van der Waals surface area contributed by atoms with Gasteiger partial charge in [-0.2, -0.15) is 0 Å². The Morgan fingerprint density at radius 1 is 1.00 bits per heavy atom. The molecule has 1 amide bonds.